The predicted molar refractivity (Wildman–Crippen MR) is 82.4 cm³/mol. The molecular weight excluding hydrogens is 321 g/mol. The molecule has 0 aliphatic heterocycles. The Labute approximate surface area is 137 Å². The van der Waals surface area contributed by atoms with Gasteiger partial charge in [0.05, 0.1) is 23.5 Å². The van der Waals surface area contributed by atoms with E-state index in [9.17, 15) is 18.0 Å². The quantitative estimate of drug-likeness (QED) is 0.879. The van der Waals surface area contributed by atoms with Gasteiger partial charge < -0.3 is 5.32 Å². The predicted octanol–water partition coefficient (Wildman–Crippen LogP) is 3.03. The van der Waals surface area contributed by atoms with Crippen LogP contribution < -0.4 is 5.32 Å². The molecule has 2 heterocycles. The molecule has 0 aliphatic rings. The summed E-state index contributed by atoms with van der Waals surface area (Å²) in [5.41, 5.74) is 1.49. The number of amides is 1. The lowest BCUT2D eigenvalue weighted by atomic mass is 10.1. The van der Waals surface area contributed by atoms with Crippen molar-refractivity contribution >= 4 is 5.91 Å². The number of halogens is 3. The number of aryl methyl sites for hydroxylation is 1. The summed E-state index contributed by atoms with van der Waals surface area (Å²) in [6.07, 6.45) is -1.65. The van der Waals surface area contributed by atoms with Crippen LogP contribution in [0.3, 0.4) is 0 Å². The smallest absolute Gasteiger partial charge is 0.346 e. The molecule has 0 fully saturated rings. The van der Waals surface area contributed by atoms with Crippen molar-refractivity contribution in [2.24, 2.45) is 0 Å². The fourth-order valence-electron chi connectivity index (χ4n) is 2.40. The molecule has 0 saturated heterocycles. The number of nitrogens with zero attached hydrogens (tertiary/aromatic N) is 3. The van der Waals surface area contributed by atoms with Crippen molar-refractivity contribution < 1.29 is 18.0 Å². The summed E-state index contributed by atoms with van der Waals surface area (Å²) >= 11 is 0. The van der Waals surface area contributed by atoms with Gasteiger partial charge in [-0.2, -0.15) is 18.3 Å². The Morgan fingerprint density at radius 1 is 1.33 bits per heavy atom. The number of carbonyl (C=O) groups excluding carboxylic acids is 1. The maximum Gasteiger partial charge on any atom is 0.408 e. The van der Waals surface area contributed by atoms with Crippen LogP contribution >= 0.6 is 0 Å². The van der Waals surface area contributed by atoms with Crippen LogP contribution in [0.15, 0.2) is 24.4 Å². The fourth-order valence-corrected chi connectivity index (χ4v) is 2.40. The van der Waals surface area contributed by atoms with Crippen LogP contribution in [0.2, 0.25) is 0 Å². The minimum atomic E-state index is -4.39. The van der Waals surface area contributed by atoms with Crippen molar-refractivity contribution in [2.45, 2.75) is 46.0 Å². The highest BCUT2D eigenvalue weighted by atomic mass is 19.4. The van der Waals surface area contributed by atoms with E-state index in [2.05, 4.69) is 15.4 Å². The number of hydrogen-bond donors (Lipinski definition) is 1. The first-order chi connectivity index (χ1) is 11.3. The Kier molecular flexibility index (Phi) is 5.58. The minimum absolute atomic E-state index is 0.204. The molecule has 0 radical (unpaired) electrons. The second-order valence-electron chi connectivity index (χ2n) is 5.43. The topological polar surface area (TPSA) is 59.8 Å². The molecule has 130 valence electrons. The highest BCUT2D eigenvalue weighted by molar-refractivity contribution is 5.96. The van der Waals surface area contributed by atoms with E-state index in [1.807, 2.05) is 6.92 Å². The van der Waals surface area contributed by atoms with Crippen LogP contribution in [0.5, 0.6) is 0 Å². The van der Waals surface area contributed by atoms with E-state index in [1.165, 1.54) is 6.92 Å². The fraction of sp³-hybridized carbons (Fsp3) is 0.438. The summed E-state index contributed by atoms with van der Waals surface area (Å²) in [4.78, 5) is 16.5. The van der Waals surface area contributed by atoms with E-state index in [0.29, 0.717) is 24.2 Å². The van der Waals surface area contributed by atoms with Gasteiger partial charge in [0.2, 0.25) is 0 Å². The Morgan fingerprint density at radius 3 is 2.67 bits per heavy atom. The molecule has 24 heavy (non-hydrogen) atoms. The third-order valence-corrected chi connectivity index (χ3v) is 3.48. The Morgan fingerprint density at radius 2 is 2.08 bits per heavy atom. The molecule has 2 aromatic rings. The van der Waals surface area contributed by atoms with E-state index in [0.717, 1.165) is 4.68 Å². The van der Waals surface area contributed by atoms with Gasteiger partial charge in [0.25, 0.3) is 5.91 Å². The number of pyridine rings is 1. The third-order valence-electron chi connectivity index (χ3n) is 3.48. The van der Waals surface area contributed by atoms with Gasteiger partial charge in [0, 0.05) is 11.9 Å². The van der Waals surface area contributed by atoms with E-state index in [4.69, 9.17) is 0 Å². The zero-order valence-electron chi connectivity index (χ0n) is 13.5. The number of aromatic nitrogens is 3. The van der Waals surface area contributed by atoms with Crippen molar-refractivity contribution in [3.63, 3.8) is 0 Å². The molecule has 1 N–H and O–H groups in total. The van der Waals surface area contributed by atoms with E-state index in [1.54, 1.807) is 24.4 Å². The summed E-state index contributed by atoms with van der Waals surface area (Å²) in [7, 11) is 0. The molecule has 0 bridgehead atoms. The summed E-state index contributed by atoms with van der Waals surface area (Å²) in [6.45, 7) is 2.36. The van der Waals surface area contributed by atoms with Gasteiger partial charge >= 0.3 is 6.18 Å². The zero-order valence-corrected chi connectivity index (χ0v) is 13.5. The summed E-state index contributed by atoms with van der Waals surface area (Å²) in [6, 6.07) is 5.31. The highest BCUT2D eigenvalue weighted by Crippen LogP contribution is 2.22. The molecule has 0 unspecified atom stereocenters. The Hall–Kier alpha value is -2.38. The lowest BCUT2D eigenvalue weighted by molar-refractivity contribution is -0.143. The van der Waals surface area contributed by atoms with Crippen molar-refractivity contribution in [1.29, 1.82) is 0 Å². The summed E-state index contributed by atoms with van der Waals surface area (Å²) in [5.74, 6) is -0.435. The van der Waals surface area contributed by atoms with Gasteiger partial charge in [-0.05, 0) is 25.5 Å². The van der Waals surface area contributed by atoms with Gasteiger partial charge in [-0.3, -0.25) is 14.5 Å². The number of alkyl halides is 3. The second kappa shape index (κ2) is 7.46. The summed E-state index contributed by atoms with van der Waals surface area (Å²) < 4.78 is 38.8. The third kappa shape index (κ3) is 4.56. The van der Waals surface area contributed by atoms with Crippen molar-refractivity contribution in [3.8, 4) is 0 Å². The van der Waals surface area contributed by atoms with Crippen molar-refractivity contribution in [1.82, 2.24) is 20.1 Å². The maximum absolute atomic E-state index is 12.6. The van der Waals surface area contributed by atoms with Crippen LogP contribution in [0.25, 0.3) is 0 Å². The van der Waals surface area contributed by atoms with Gasteiger partial charge in [0.1, 0.15) is 6.54 Å². The number of rotatable bonds is 6. The number of hydrogen-bond acceptors (Lipinski definition) is 3. The van der Waals surface area contributed by atoms with Gasteiger partial charge in [0.15, 0.2) is 0 Å². The van der Waals surface area contributed by atoms with E-state index >= 15 is 0 Å². The monoisotopic (exact) mass is 340 g/mol. The first-order valence-electron chi connectivity index (χ1n) is 7.63. The van der Waals surface area contributed by atoms with Crippen molar-refractivity contribution in [2.75, 3.05) is 0 Å². The SMILES string of the molecule is CCCc1nn(CC(F)(F)F)c(C)c1C(=O)NCc1ccccn1. The molecule has 0 spiro atoms. The average molecular weight is 340 g/mol. The summed E-state index contributed by atoms with van der Waals surface area (Å²) in [5, 5.41) is 6.68. The van der Waals surface area contributed by atoms with Crippen LogP contribution in [-0.2, 0) is 19.5 Å². The molecule has 2 aromatic heterocycles. The second-order valence-corrected chi connectivity index (χ2v) is 5.43. The van der Waals surface area contributed by atoms with Gasteiger partial charge in [-0.15, -0.1) is 0 Å². The molecule has 0 aromatic carbocycles. The molecule has 0 saturated carbocycles. The molecule has 8 heteroatoms. The largest absolute Gasteiger partial charge is 0.408 e. The lowest BCUT2D eigenvalue weighted by Crippen LogP contribution is -2.25. The number of nitrogens with one attached hydrogen (secondary N) is 1. The lowest BCUT2D eigenvalue weighted by Gasteiger charge is -2.09. The normalized spacial score (nSPS) is 11.5. The van der Waals surface area contributed by atoms with E-state index < -0.39 is 18.6 Å². The average Bonchev–Trinajstić information content (AvgIpc) is 2.80. The number of carbonyl (C=O) groups is 1. The molecule has 2 rings (SSSR count). The minimum Gasteiger partial charge on any atom is -0.346 e. The van der Waals surface area contributed by atoms with Crippen LogP contribution in [0.1, 0.15) is 40.8 Å². The molecule has 1 amide bonds. The first-order valence-corrected chi connectivity index (χ1v) is 7.63. The molecule has 0 atom stereocenters. The van der Waals surface area contributed by atoms with Gasteiger partial charge in [-0.25, -0.2) is 0 Å². The first kappa shape index (κ1) is 18.0. The highest BCUT2D eigenvalue weighted by Gasteiger charge is 2.31. The van der Waals surface area contributed by atoms with Crippen LogP contribution in [-0.4, -0.2) is 26.8 Å². The molecule has 0 aliphatic carbocycles. The van der Waals surface area contributed by atoms with Crippen molar-refractivity contribution in [3.05, 3.63) is 47.0 Å². The maximum atomic E-state index is 12.6. The van der Waals surface area contributed by atoms with Gasteiger partial charge in [-0.1, -0.05) is 19.4 Å². The molecular formula is C16H19F3N4O. The molecule has 5 nitrogen and oxygen atoms in total. The standard InChI is InChI=1S/C16H19F3N4O/c1-3-6-13-14(11(2)23(22-13)10-16(17,18)19)15(24)21-9-12-7-4-5-8-20-12/h4-5,7-8H,3,6,9-10H2,1-2H3,(H,21,24). The Balaban J connectivity index is 2.21. The van der Waals surface area contributed by atoms with Crippen LogP contribution in [0.4, 0.5) is 13.2 Å². The van der Waals surface area contributed by atoms with E-state index in [-0.39, 0.29) is 17.8 Å². The Bertz CT molecular complexity index is 695. The van der Waals surface area contributed by atoms with Crippen LogP contribution in [0, 0.1) is 6.92 Å². The zero-order chi connectivity index (χ0) is 17.7.